The quantitative estimate of drug-likeness (QED) is 0.677. The third-order valence-electron chi connectivity index (χ3n) is 2.76. The summed E-state index contributed by atoms with van der Waals surface area (Å²) in [7, 11) is 0. The van der Waals surface area contributed by atoms with Crippen LogP contribution in [0.1, 0.15) is 33.1 Å². The predicted octanol–water partition coefficient (Wildman–Crippen LogP) is 3.41. The minimum atomic E-state index is -0.204. The largest absolute Gasteiger partial charge is 0.372 e. The van der Waals surface area contributed by atoms with Gasteiger partial charge < -0.3 is 9.69 Å². The van der Waals surface area contributed by atoms with Crippen LogP contribution >= 0.6 is 0 Å². The average molecular weight is 237 g/mol. The van der Waals surface area contributed by atoms with E-state index < -0.39 is 0 Å². The van der Waals surface area contributed by atoms with Crippen LogP contribution in [0.15, 0.2) is 24.3 Å². The molecule has 3 heteroatoms. The number of unbranched alkanes of at least 4 members (excludes halogenated alkanes) is 1. The number of rotatable bonds is 7. The second kappa shape index (κ2) is 7.05. The molecule has 1 aromatic rings. The first-order valence-corrected chi connectivity index (χ1v) is 6.13. The molecule has 0 radical (unpaired) electrons. The summed E-state index contributed by atoms with van der Waals surface area (Å²) in [6.07, 6.45) is 2.51. The van der Waals surface area contributed by atoms with Crippen molar-refractivity contribution in [2.45, 2.75) is 33.1 Å². The van der Waals surface area contributed by atoms with Crippen molar-refractivity contribution in [2.24, 2.45) is 0 Å². The molecule has 0 N–H and O–H groups in total. The molecule has 17 heavy (non-hydrogen) atoms. The Hall–Kier alpha value is -1.38. The van der Waals surface area contributed by atoms with Crippen LogP contribution in [-0.4, -0.2) is 18.9 Å². The van der Waals surface area contributed by atoms with E-state index in [-0.39, 0.29) is 11.6 Å². The summed E-state index contributed by atoms with van der Waals surface area (Å²) >= 11 is 0. The highest BCUT2D eigenvalue weighted by Crippen LogP contribution is 2.16. The van der Waals surface area contributed by atoms with E-state index in [4.69, 9.17) is 0 Å². The van der Waals surface area contributed by atoms with E-state index in [2.05, 4.69) is 11.8 Å². The monoisotopic (exact) mass is 237 g/mol. The first kappa shape index (κ1) is 13.7. The first-order valence-electron chi connectivity index (χ1n) is 6.13. The Morgan fingerprint density at radius 1 is 1.35 bits per heavy atom. The van der Waals surface area contributed by atoms with Gasteiger partial charge in [-0.05, 0) is 44.9 Å². The number of carbonyl (C=O) groups excluding carboxylic acids is 1. The predicted molar refractivity (Wildman–Crippen MR) is 68.8 cm³/mol. The Morgan fingerprint density at radius 3 is 2.71 bits per heavy atom. The van der Waals surface area contributed by atoms with E-state index in [0.29, 0.717) is 6.42 Å². The molecule has 0 aliphatic carbocycles. The third-order valence-corrected chi connectivity index (χ3v) is 2.76. The van der Waals surface area contributed by atoms with Crippen molar-refractivity contribution in [3.05, 3.63) is 30.1 Å². The Kier molecular flexibility index (Phi) is 5.67. The maximum absolute atomic E-state index is 13.1. The van der Waals surface area contributed by atoms with E-state index in [9.17, 15) is 9.18 Å². The lowest BCUT2D eigenvalue weighted by molar-refractivity contribution is -0.117. The van der Waals surface area contributed by atoms with Gasteiger partial charge in [0, 0.05) is 25.2 Å². The molecule has 1 aromatic carbocycles. The number of carbonyl (C=O) groups is 1. The van der Waals surface area contributed by atoms with E-state index in [1.54, 1.807) is 19.1 Å². The number of hydrogen-bond donors (Lipinski definition) is 0. The second-order valence-corrected chi connectivity index (χ2v) is 4.22. The highest BCUT2D eigenvalue weighted by atomic mass is 19.1. The van der Waals surface area contributed by atoms with Gasteiger partial charge in [-0.1, -0.05) is 6.07 Å². The molecule has 0 atom stereocenters. The summed E-state index contributed by atoms with van der Waals surface area (Å²) in [6, 6.07) is 6.64. The molecule has 0 heterocycles. The third kappa shape index (κ3) is 4.98. The van der Waals surface area contributed by atoms with Crippen molar-refractivity contribution in [3.8, 4) is 0 Å². The van der Waals surface area contributed by atoms with Gasteiger partial charge in [0.2, 0.25) is 0 Å². The number of anilines is 1. The molecule has 0 unspecified atom stereocenters. The Balaban J connectivity index is 2.45. The molecule has 0 bridgehead atoms. The van der Waals surface area contributed by atoms with Gasteiger partial charge in [0.25, 0.3) is 0 Å². The Labute approximate surface area is 102 Å². The lowest BCUT2D eigenvalue weighted by Crippen LogP contribution is -2.24. The van der Waals surface area contributed by atoms with Gasteiger partial charge in [-0.3, -0.25) is 0 Å². The molecule has 0 saturated carbocycles. The van der Waals surface area contributed by atoms with Gasteiger partial charge in [-0.15, -0.1) is 0 Å². The van der Waals surface area contributed by atoms with Crippen molar-refractivity contribution >= 4 is 11.5 Å². The number of Topliss-reactive ketones (excluding diaryl/α,β-unsaturated/α-hetero) is 1. The van der Waals surface area contributed by atoms with Crippen LogP contribution in [0, 0.1) is 5.82 Å². The molecule has 1 rings (SSSR count). The van der Waals surface area contributed by atoms with Crippen molar-refractivity contribution in [1.29, 1.82) is 0 Å². The van der Waals surface area contributed by atoms with Crippen LogP contribution < -0.4 is 4.90 Å². The first-order chi connectivity index (χ1) is 8.13. The molecule has 0 saturated heterocycles. The smallest absolute Gasteiger partial charge is 0.129 e. The van der Waals surface area contributed by atoms with Crippen LogP contribution in [0.5, 0.6) is 0 Å². The lowest BCUT2D eigenvalue weighted by atomic mass is 10.2. The van der Waals surface area contributed by atoms with Crippen LogP contribution in [0.3, 0.4) is 0 Å². The van der Waals surface area contributed by atoms with Crippen LogP contribution in [0.2, 0.25) is 0 Å². The molecule has 94 valence electrons. The maximum Gasteiger partial charge on any atom is 0.129 e. The summed E-state index contributed by atoms with van der Waals surface area (Å²) in [5.74, 6) is 0.0310. The van der Waals surface area contributed by atoms with Gasteiger partial charge in [0.1, 0.15) is 11.6 Å². The van der Waals surface area contributed by atoms with E-state index >= 15 is 0 Å². The fourth-order valence-electron chi connectivity index (χ4n) is 1.82. The summed E-state index contributed by atoms with van der Waals surface area (Å²) in [4.78, 5) is 12.9. The fraction of sp³-hybridized carbons (Fsp3) is 0.500. The lowest BCUT2D eigenvalue weighted by Gasteiger charge is -2.23. The topological polar surface area (TPSA) is 20.3 Å². The number of nitrogens with zero attached hydrogens (tertiary/aromatic N) is 1. The number of ketones is 1. The van der Waals surface area contributed by atoms with Gasteiger partial charge in [0.15, 0.2) is 0 Å². The van der Waals surface area contributed by atoms with Gasteiger partial charge in [-0.25, -0.2) is 4.39 Å². The number of hydrogen-bond acceptors (Lipinski definition) is 2. The molecule has 0 aliphatic rings. The highest BCUT2D eigenvalue weighted by Gasteiger charge is 2.05. The Bertz CT molecular complexity index is 365. The zero-order valence-corrected chi connectivity index (χ0v) is 10.6. The normalized spacial score (nSPS) is 10.3. The zero-order valence-electron chi connectivity index (χ0n) is 10.6. The van der Waals surface area contributed by atoms with Crippen LogP contribution in [-0.2, 0) is 4.79 Å². The van der Waals surface area contributed by atoms with Crippen molar-refractivity contribution in [1.82, 2.24) is 0 Å². The van der Waals surface area contributed by atoms with Gasteiger partial charge >= 0.3 is 0 Å². The summed E-state index contributed by atoms with van der Waals surface area (Å²) in [5, 5.41) is 0. The molecule has 0 aliphatic heterocycles. The van der Waals surface area contributed by atoms with Crippen molar-refractivity contribution in [3.63, 3.8) is 0 Å². The summed E-state index contributed by atoms with van der Waals surface area (Å²) < 4.78 is 13.1. The van der Waals surface area contributed by atoms with E-state index in [0.717, 1.165) is 31.6 Å². The van der Waals surface area contributed by atoms with E-state index in [1.165, 1.54) is 6.07 Å². The maximum atomic E-state index is 13.1. The SMILES string of the molecule is CCN(CCCCC(C)=O)c1cccc(F)c1. The zero-order chi connectivity index (χ0) is 12.7. The highest BCUT2D eigenvalue weighted by molar-refractivity contribution is 5.75. The molecule has 0 fully saturated rings. The standard InChI is InChI=1S/C14H20FNO/c1-3-16(10-5-4-7-12(2)17)14-9-6-8-13(15)11-14/h6,8-9,11H,3-5,7,10H2,1-2H3. The van der Waals surface area contributed by atoms with E-state index in [1.807, 2.05) is 6.07 Å². The molecule has 0 aromatic heterocycles. The summed E-state index contributed by atoms with van der Waals surface area (Å²) in [6.45, 7) is 5.39. The minimum absolute atomic E-state index is 0.204. The van der Waals surface area contributed by atoms with Gasteiger partial charge in [-0.2, -0.15) is 0 Å². The van der Waals surface area contributed by atoms with Crippen molar-refractivity contribution < 1.29 is 9.18 Å². The second-order valence-electron chi connectivity index (χ2n) is 4.22. The van der Waals surface area contributed by atoms with Crippen molar-refractivity contribution in [2.75, 3.05) is 18.0 Å². The summed E-state index contributed by atoms with van der Waals surface area (Å²) in [5.41, 5.74) is 0.912. The molecule has 0 spiro atoms. The fourth-order valence-corrected chi connectivity index (χ4v) is 1.82. The Morgan fingerprint density at radius 2 is 2.12 bits per heavy atom. The molecular weight excluding hydrogens is 217 g/mol. The van der Waals surface area contributed by atoms with Crippen LogP contribution in [0.25, 0.3) is 0 Å². The number of halogens is 1. The molecule has 0 amide bonds. The van der Waals surface area contributed by atoms with Crippen LogP contribution in [0.4, 0.5) is 10.1 Å². The molecular formula is C14H20FNO. The average Bonchev–Trinajstić information content (AvgIpc) is 2.29. The minimum Gasteiger partial charge on any atom is -0.372 e. The van der Waals surface area contributed by atoms with Gasteiger partial charge in [0.05, 0.1) is 0 Å². The molecule has 2 nitrogen and oxygen atoms in total. The number of benzene rings is 1.